The zero-order valence-electron chi connectivity index (χ0n) is 19.9. The van der Waals surface area contributed by atoms with E-state index in [0.29, 0.717) is 11.5 Å². The lowest BCUT2D eigenvalue weighted by atomic mass is 9.53. The Morgan fingerprint density at radius 1 is 1.00 bits per heavy atom. The minimum Gasteiger partial charge on any atom is -0.457 e. The van der Waals surface area contributed by atoms with Crippen molar-refractivity contribution in [3.63, 3.8) is 0 Å². The summed E-state index contributed by atoms with van der Waals surface area (Å²) in [5, 5.41) is 3.79. The summed E-state index contributed by atoms with van der Waals surface area (Å²) in [7, 11) is 0. The van der Waals surface area contributed by atoms with Crippen LogP contribution in [0.25, 0.3) is 0 Å². The molecule has 0 amide bonds. The Bertz CT molecular complexity index is 867. The highest BCUT2D eigenvalue weighted by molar-refractivity contribution is 5.60. The second kappa shape index (κ2) is 9.13. The van der Waals surface area contributed by atoms with E-state index in [1.54, 1.807) is 0 Å². The molecule has 1 heterocycles. The molecule has 5 heteroatoms. The molecule has 1 aliphatic heterocycles. The van der Waals surface area contributed by atoms with Crippen LogP contribution in [0.5, 0.6) is 5.75 Å². The van der Waals surface area contributed by atoms with Gasteiger partial charge >= 0.3 is 6.16 Å². The molecule has 1 aromatic rings. The van der Waals surface area contributed by atoms with E-state index < -0.39 is 6.16 Å². The standard InChI is InChI=1S/C28H39NO4/c30-27(33-23-11-8-19-5-1-2-6-20(19)15-23)32-18-31-22-10-9-21-16-26-24-7-3-4-12-28(24,13-14-29-26)25(21)17-22/h9-10,17,19-20,23-24,26,29H,1-8,11-16,18H2/t19?,20?,23?,24-,26+,28+/m1/s1. The van der Waals surface area contributed by atoms with Gasteiger partial charge in [-0.25, -0.2) is 4.79 Å². The Balaban J connectivity index is 1.05. The van der Waals surface area contributed by atoms with Gasteiger partial charge in [-0.15, -0.1) is 0 Å². The van der Waals surface area contributed by atoms with Crippen LogP contribution in [0, 0.1) is 17.8 Å². The summed E-state index contributed by atoms with van der Waals surface area (Å²) in [6.45, 7) is 1.03. The second-order valence-corrected chi connectivity index (χ2v) is 11.4. The van der Waals surface area contributed by atoms with E-state index in [1.807, 2.05) is 6.07 Å². The minimum atomic E-state index is -0.584. The van der Waals surface area contributed by atoms with Crippen molar-refractivity contribution in [3.8, 4) is 5.75 Å². The molecular formula is C28H39NO4. The Kier molecular flexibility index (Phi) is 6.02. The highest BCUT2D eigenvalue weighted by Gasteiger charge is 2.51. The van der Waals surface area contributed by atoms with Crippen molar-refractivity contribution < 1.29 is 19.0 Å². The molecule has 6 atom stereocenters. The van der Waals surface area contributed by atoms with Crippen molar-refractivity contribution in [2.75, 3.05) is 13.3 Å². The summed E-state index contributed by atoms with van der Waals surface area (Å²) in [5.41, 5.74) is 3.27. The van der Waals surface area contributed by atoms with Gasteiger partial charge in [-0.1, -0.05) is 44.6 Å². The van der Waals surface area contributed by atoms with Crippen LogP contribution < -0.4 is 10.1 Å². The van der Waals surface area contributed by atoms with Crippen LogP contribution in [0.1, 0.15) is 88.2 Å². The SMILES string of the molecule is O=C(OCOc1ccc2c(c1)[C@]13CCCC[C@@H]1[C@H](C2)NCC3)OC1CCC2CCCCC2C1. The summed E-state index contributed by atoms with van der Waals surface area (Å²) in [6.07, 6.45) is 15.6. The largest absolute Gasteiger partial charge is 0.511 e. The normalized spacial score (nSPS) is 37.2. The van der Waals surface area contributed by atoms with Crippen LogP contribution in [0.15, 0.2) is 18.2 Å². The van der Waals surface area contributed by atoms with Gasteiger partial charge in [-0.05, 0) is 92.5 Å². The molecule has 3 unspecified atom stereocenters. The summed E-state index contributed by atoms with van der Waals surface area (Å²) >= 11 is 0. The molecular weight excluding hydrogens is 414 g/mol. The minimum absolute atomic E-state index is 0.00999. The molecule has 1 aromatic carbocycles. The quantitative estimate of drug-likeness (QED) is 0.456. The molecule has 2 bridgehead atoms. The first-order valence-corrected chi connectivity index (χ1v) is 13.5. The number of benzene rings is 1. The summed E-state index contributed by atoms with van der Waals surface area (Å²) in [4.78, 5) is 12.3. The van der Waals surface area contributed by atoms with Crippen LogP contribution in [-0.2, 0) is 21.3 Å². The number of rotatable bonds is 4. The average molecular weight is 454 g/mol. The van der Waals surface area contributed by atoms with E-state index in [2.05, 4.69) is 17.4 Å². The molecule has 1 N–H and O–H groups in total. The molecule has 0 radical (unpaired) electrons. The van der Waals surface area contributed by atoms with Gasteiger partial charge in [-0.3, -0.25) is 0 Å². The first-order chi connectivity index (χ1) is 16.2. The Hall–Kier alpha value is -1.75. The van der Waals surface area contributed by atoms with Crippen LogP contribution in [-0.4, -0.2) is 31.6 Å². The third-order valence-corrected chi connectivity index (χ3v) is 9.78. The van der Waals surface area contributed by atoms with Crippen molar-refractivity contribution in [1.29, 1.82) is 0 Å². The first-order valence-electron chi connectivity index (χ1n) is 13.5. The van der Waals surface area contributed by atoms with Gasteiger partial charge in [0.05, 0.1) is 0 Å². The fraction of sp³-hybridized carbons (Fsp3) is 0.750. The van der Waals surface area contributed by atoms with Crippen molar-refractivity contribution >= 4 is 6.16 Å². The number of carbonyl (C=O) groups excluding carboxylic acids is 1. The fourth-order valence-corrected chi connectivity index (χ4v) is 8.25. The van der Waals surface area contributed by atoms with Gasteiger partial charge in [0, 0.05) is 11.5 Å². The topological polar surface area (TPSA) is 56.8 Å². The third kappa shape index (κ3) is 4.15. The number of hydrogen-bond acceptors (Lipinski definition) is 5. The summed E-state index contributed by atoms with van der Waals surface area (Å²) in [5.74, 6) is 3.13. The number of carbonyl (C=O) groups is 1. The van der Waals surface area contributed by atoms with E-state index in [1.165, 1.54) is 75.3 Å². The maximum atomic E-state index is 12.3. The van der Waals surface area contributed by atoms with Crippen molar-refractivity contribution in [2.45, 2.75) is 101 Å². The van der Waals surface area contributed by atoms with Crippen LogP contribution >= 0.6 is 0 Å². The lowest BCUT2D eigenvalue weighted by molar-refractivity contribution is -0.0373. The van der Waals surface area contributed by atoms with E-state index >= 15 is 0 Å². The van der Waals surface area contributed by atoms with Crippen LogP contribution in [0.3, 0.4) is 0 Å². The van der Waals surface area contributed by atoms with Gasteiger partial charge in [-0.2, -0.15) is 0 Å². The van der Waals surface area contributed by atoms with Gasteiger partial charge in [0.15, 0.2) is 0 Å². The van der Waals surface area contributed by atoms with Crippen LogP contribution in [0.2, 0.25) is 0 Å². The highest BCUT2D eigenvalue weighted by Crippen LogP contribution is 2.54. The number of ether oxygens (including phenoxy) is 3. The zero-order chi connectivity index (χ0) is 22.3. The molecule has 4 aliphatic carbocycles. The molecule has 3 saturated carbocycles. The van der Waals surface area contributed by atoms with E-state index in [0.717, 1.165) is 49.3 Å². The molecule has 0 spiro atoms. The summed E-state index contributed by atoms with van der Waals surface area (Å²) < 4.78 is 16.9. The van der Waals surface area contributed by atoms with E-state index in [4.69, 9.17) is 14.2 Å². The van der Waals surface area contributed by atoms with Gasteiger partial charge in [0.2, 0.25) is 6.79 Å². The number of piperidine rings is 1. The Morgan fingerprint density at radius 3 is 2.82 bits per heavy atom. The van der Waals surface area contributed by atoms with Crippen molar-refractivity contribution in [1.82, 2.24) is 5.32 Å². The van der Waals surface area contributed by atoms with Gasteiger partial charge in [0.25, 0.3) is 0 Å². The monoisotopic (exact) mass is 453 g/mol. The zero-order valence-corrected chi connectivity index (χ0v) is 19.9. The first kappa shape index (κ1) is 21.8. The number of nitrogens with one attached hydrogen (secondary N) is 1. The molecule has 0 aromatic heterocycles. The average Bonchev–Trinajstić information content (AvgIpc) is 2.84. The fourth-order valence-electron chi connectivity index (χ4n) is 8.25. The highest BCUT2D eigenvalue weighted by atomic mass is 16.8. The number of hydrogen-bond donors (Lipinski definition) is 1. The van der Waals surface area contributed by atoms with Crippen LogP contribution in [0.4, 0.5) is 4.79 Å². The lowest BCUT2D eigenvalue weighted by Gasteiger charge is -2.56. The molecule has 6 rings (SSSR count). The smallest absolute Gasteiger partial charge is 0.457 e. The van der Waals surface area contributed by atoms with Crippen molar-refractivity contribution in [3.05, 3.63) is 29.3 Å². The maximum Gasteiger partial charge on any atom is 0.511 e. The van der Waals surface area contributed by atoms with Gasteiger partial charge < -0.3 is 19.5 Å². The maximum absolute atomic E-state index is 12.3. The third-order valence-electron chi connectivity index (χ3n) is 9.78. The Labute approximate surface area is 197 Å². The van der Waals surface area contributed by atoms with E-state index in [-0.39, 0.29) is 12.9 Å². The molecule has 4 fully saturated rings. The van der Waals surface area contributed by atoms with Gasteiger partial charge in [0.1, 0.15) is 11.9 Å². The van der Waals surface area contributed by atoms with Crippen molar-refractivity contribution in [2.24, 2.45) is 17.8 Å². The molecule has 1 saturated heterocycles. The second-order valence-electron chi connectivity index (χ2n) is 11.4. The molecule has 33 heavy (non-hydrogen) atoms. The molecule has 180 valence electrons. The Morgan fingerprint density at radius 2 is 1.88 bits per heavy atom. The predicted molar refractivity (Wildman–Crippen MR) is 126 cm³/mol. The molecule has 5 nitrogen and oxygen atoms in total. The number of fused-ring (bicyclic) bond motifs is 2. The lowest BCUT2D eigenvalue weighted by Crippen LogP contribution is -2.59. The van der Waals surface area contributed by atoms with E-state index in [9.17, 15) is 4.79 Å². The summed E-state index contributed by atoms with van der Waals surface area (Å²) in [6, 6.07) is 7.14. The molecule has 5 aliphatic rings. The predicted octanol–water partition coefficient (Wildman–Crippen LogP) is 5.88.